The number of halogens is 2. The van der Waals surface area contributed by atoms with Crippen molar-refractivity contribution in [2.45, 2.75) is 57.1 Å². The van der Waals surface area contributed by atoms with Gasteiger partial charge in [0.1, 0.15) is 18.4 Å². The Bertz CT molecular complexity index is 1700. The molecule has 4 rings (SSSR count). The van der Waals surface area contributed by atoms with Gasteiger partial charge in [0.2, 0.25) is 11.8 Å². The molecule has 10 heteroatoms. The highest BCUT2D eigenvalue weighted by Crippen LogP contribution is 2.28. The first kappa shape index (κ1) is 33.7. The van der Waals surface area contributed by atoms with Crippen molar-refractivity contribution in [2.24, 2.45) is 0 Å². The van der Waals surface area contributed by atoms with Crippen LogP contribution in [0.1, 0.15) is 37.0 Å². The minimum Gasteiger partial charge on any atom is -0.352 e. The predicted octanol–water partition coefficient (Wildman–Crippen LogP) is 6.54. The van der Waals surface area contributed by atoms with Crippen molar-refractivity contribution in [2.75, 3.05) is 10.8 Å². The molecule has 0 saturated heterocycles. The van der Waals surface area contributed by atoms with Crippen molar-refractivity contribution in [1.82, 2.24) is 10.2 Å². The van der Waals surface area contributed by atoms with E-state index in [9.17, 15) is 22.4 Å². The fourth-order valence-electron chi connectivity index (χ4n) is 4.77. The van der Waals surface area contributed by atoms with Crippen LogP contribution in [0.25, 0.3) is 0 Å². The Morgan fingerprint density at radius 3 is 2.11 bits per heavy atom. The molecular weight excluding hydrogens is 613 g/mol. The molecule has 0 aliphatic heterocycles. The number of carbonyl (C=O) groups excluding carboxylic acids is 2. The second-order valence-corrected chi connectivity index (χ2v) is 13.2. The molecule has 45 heavy (non-hydrogen) atoms. The molecule has 4 aromatic rings. The fraction of sp³-hybridized carbons (Fsp3) is 0.257. The Balaban J connectivity index is 1.81. The molecule has 0 spiro atoms. The molecule has 0 aliphatic rings. The maximum atomic E-state index is 14.5. The molecule has 0 bridgehead atoms. The number of sulfonamides is 1. The van der Waals surface area contributed by atoms with Gasteiger partial charge in [0.25, 0.3) is 10.0 Å². The van der Waals surface area contributed by atoms with Gasteiger partial charge in [-0.3, -0.25) is 13.9 Å². The Labute approximate surface area is 269 Å². The number of anilines is 1. The molecule has 0 heterocycles. The molecule has 0 fully saturated rings. The third-order valence-corrected chi connectivity index (χ3v) is 9.62. The van der Waals surface area contributed by atoms with Gasteiger partial charge in [-0.15, -0.1) is 0 Å². The Morgan fingerprint density at radius 1 is 0.889 bits per heavy atom. The van der Waals surface area contributed by atoms with Gasteiger partial charge in [-0.1, -0.05) is 96.9 Å². The monoisotopic (exact) mass is 649 g/mol. The normalized spacial score (nSPS) is 12.6. The highest BCUT2D eigenvalue weighted by atomic mass is 35.5. The van der Waals surface area contributed by atoms with E-state index >= 15 is 0 Å². The molecule has 0 saturated carbocycles. The summed E-state index contributed by atoms with van der Waals surface area (Å²) in [5.41, 5.74) is 2.64. The van der Waals surface area contributed by atoms with E-state index in [2.05, 4.69) is 5.32 Å². The Morgan fingerprint density at radius 2 is 1.51 bits per heavy atom. The zero-order chi connectivity index (χ0) is 32.6. The quantitative estimate of drug-likeness (QED) is 0.178. The number of hydrogen-bond donors (Lipinski definition) is 1. The molecule has 0 radical (unpaired) electrons. The lowest BCUT2D eigenvalue weighted by atomic mass is 10.0. The molecular formula is C35H37ClFN3O4S. The van der Waals surface area contributed by atoms with Gasteiger partial charge >= 0.3 is 0 Å². The van der Waals surface area contributed by atoms with Crippen LogP contribution in [0, 0.1) is 12.7 Å². The molecule has 0 aliphatic carbocycles. The number of benzene rings is 4. The molecule has 4 aromatic carbocycles. The lowest BCUT2D eigenvalue weighted by Crippen LogP contribution is -2.54. The predicted molar refractivity (Wildman–Crippen MR) is 176 cm³/mol. The van der Waals surface area contributed by atoms with Crippen LogP contribution in [0.3, 0.4) is 0 Å². The van der Waals surface area contributed by atoms with Crippen LogP contribution in [0.2, 0.25) is 5.02 Å². The summed E-state index contributed by atoms with van der Waals surface area (Å²) in [7, 11) is -4.31. The van der Waals surface area contributed by atoms with Gasteiger partial charge in [-0.25, -0.2) is 12.8 Å². The number of nitrogens with zero attached hydrogens (tertiary/aromatic N) is 2. The maximum absolute atomic E-state index is 14.5. The third kappa shape index (κ3) is 8.71. The zero-order valence-corrected chi connectivity index (χ0v) is 27.1. The van der Waals surface area contributed by atoms with Crippen LogP contribution in [0.15, 0.2) is 108 Å². The number of hydrogen-bond acceptors (Lipinski definition) is 4. The number of aryl methyl sites for hydroxylation is 1. The zero-order valence-electron chi connectivity index (χ0n) is 25.5. The molecule has 236 valence electrons. The molecule has 7 nitrogen and oxygen atoms in total. The Hall–Kier alpha value is -4.21. The molecule has 0 unspecified atom stereocenters. The van der Waals surface area contributed by atoms with Crippen LogP contribution in [-0.4, -0.2) is 43.8 Å². The van der Waals surface area contributed by atoms with E-state index < -0.39 is 34.3 Å². The summed E-state index contributed by atoms with van der Waals surface area (Å²) in [6, 6.07) is 26.9. The molecule has 1 N–H and O–H groups in total. The largest absolute Gasteiger partial charge is 0.352 e. The first-order valence-corrected chi connectivity index (χ1v) is 16.5. The van der Waals surface area contributed by atoms with Crippen molar-refractivity contribution in [3.8, 4) is 0 Å². The Kier molecular flexibility index (Phi) is 11.4. The number of rotatable bonds is 13. The SMILES string of the molecule is CC[C@H](C)NC(=O)[C@@H](Cc1ccccc1)N(Cc1ccc(C)cc1)C(=O)CN(c1ccc(F)c(Cl)c1)S(=O)(=O)c1ccccc1. The minimum atomic E-state index is -4.31. The number of amides is 2. The van der Waals surface area contributed by atoms with Gasteiger partial charge in [0.05, 0.1) is 15.6 Å². The number of carbonyl (C=O) groups is 2. The standard InChI is InChI=1S/C35H37ClFN3O4S/c1-4-26(3)38-35(42)33(21-27-11-7-5-8-12-27)39(23-28-17-15-25(2)16-18-28)34(41)24-40(29-19-20-32(37)31(36)22-29)45(43,44)30-13-9-6-10-14-30/h5-20,22,26,33H,4,21,23-24H2,1-3H3,(H,38,42)/t26-,33+/m0/s1. The minimum absolute atomic E-state index is 0.0116. The first-order chi connectivity index (χ1) is 21.5. The van der Waals surface area contributed by atoms with E-state index in [1.165, 1.54) is 29.2 Å². The summed E-state index contributed by atoms with van der Waals surface area (Å²) >= 11 is 6.07. The van der Waals surface area contributed by atoms with E-state index in [-0.39, 0.29) is 40.5 Å². The van der Waals surface area contributed by atoms with E-state index in [4.69, 9.17) is 11.6 Å². The van der Waals surface area contributed by atoms with Crippen LogP contribution in [-0.2, 0) is 32.6 Å². The smallest absolute Gasteiger partial charge is 0.264 e. The van der Waals surface area contributed by atoms with Crippen molar-refractivity contribution in [1.29, 1.82) is 0 Å². The average molecular weight is 650 g/mol. The first-order valence-electron chi connectivity index (χ1n) is 14.7. The lowest BCUT2D eigenvalue weighted by Gasteiger charge is -2.34. The van der Waals surface area contributed by atoms with E-state index in [0.29, 0.717) is 6.42 Å². The molecule has 0 aromatic heterocycles. The van der Waals surface area contributed by atoms with Gasteiger partial charge in [0, 0.05) is 19.0 Å². The highest BCUT2D eigenvalue weighted by Gasteiger charge is 2.35. The summed E-state index contributed by atoms with van der Waals surface area (Å²) in [4.78, 5) is 29.7. The molecule has 2 amide bonds. The summed E-state index contributed by atoms with van der Waals surface area (Å²) in [6.07, 6.45) is 0.888. The van der Waals surface area contributed by atoms with Crippen molar-refractivity contribution >= 4 is 39.1 Å². The highest BCUT2D eigenvalue weighted by molar-refractivity contribution is 7.92. The van der Waals surface area contributed by atoms with Crippen LogP contribution >= 0.6 is 11.6 Å². The van der Waals surface area contributed by atoms with Gasteiger partial charge in [-0.2, -0.15) is 0 Å². The summed E-state index contributed by atoms with van der Waals surface area (Å²) in [5.74, 6) is -1.69. The topological polar surface area (TPSA) is 86.8 Å². The van der Waals surface area contributed by atoms with Gasteiger partial charge in [-0.05, 0) is 61.7 Å². The maximum Gasteiger partial charge on any atom is 0.264 e. The lowest BCUT2D eigenvalue weighted by molar-refractivity contribution is -0.140. The fourth-order valence-corrected chi connectivity index (χ4v) is 6.38. The van der Waals surface area contributed by atoms with Gasteiger partial charge < -0.3 is 10.2 Å². The van der Waals surface area contributed by atoms with Crippen molar-refractivity contribution in [3.63, 3.8) is 0 Å². The average Bonchev–Trinajstić information content (AvgIpc) is 3.04. The summed E-state index contributed by atoms with van der Waals surface area (Å²) in [5, 5.41) is 2.72. The van der Waals surface area contributed by atoms with Crippen LogP contribution < -0.4 is 9.62 Å². The van der Waals surface area contributed by atoms with Crippen LogP contribution in [0.4, 0.5) is 10.1 Å². The molecule has 2 atom stereocenters. The van der Waals surface area contributed by atoms with Crippen molar-refractivity contribution in [3.05, 3.63) is 131 Å². The van der Waals surface area contributed by atoms with Gasteiger partial charge in [0.15, 0.2) is 0 Å². The van der Waals surface area contributed by atoms with E-state index in [0.717, 1.165) is 27.1 Å². The van der Waals surface area contributed by atoms with E-state index in [1.54, 1.807) is 18.2 Å². The second-order valence-electron chi connectivity index (χ2n) is 11.0. The van der Waals surface area contributed by atoms with Crippen molar-refractivity contribution < 1.29 is 22.4 Å². The summed E-state index contributed by atoms with van der Waals surface area (Å²) < 4.78 is 43.1. The van der Waals surface area contributed by atoms with Crippen LogP contribution in [0.5, 0.6) is 0 Å². The number of nitrogens with one attached hydrogen (secondary N) is 1. The third-order valence-electron chi connectivity index (χ3n) is 7.55. The van der Waals surface area contributed by atoms with E-state index in [1.807, 2.05) is 75.4 Å². The second kappa shape index (κ2) is 15.2. The summed E-state index contributed by atoms with van der Waals surface area (Å²) in [6.45, 7) is 5.17.